The van der Waals surface area contributed by atoms with Crippen LogP contribution in [0.3, 0.4) is 0 Å². The molecule has 0 unspecified atom stereocenters. The van der Waals surface area contributed by atoms with Crippen LogP contribution < -0.4 is 0 Å². The quantitative estimate of drug-likeness (QED) is 0.632. The maximum atomic E-state index is 9.03. The normalized spacial score (nSPS) is 11.2. The SMILES string of the molecule is CCCC(C)(CCC)c1ccc(-c2cccc(C#N)c2)cc1. The maximum absolute atomic E-state index is 9.03. The Hall–Kier alpha value is -2.07. The Morgan fingerprint density at radius 2 is 1.55 bits per heavy atom. The highest BCUT2D eigenvalue weighted by Crippen LogP contribution is 2.35. The molecule has 22 heavy (non-hydrogen) atoms. The van der Waals surface area contributed by atoms with Crippen molar-refractivity contribution in [2.75, 3.05) is 0 Å². The Balaban J connectivity index is 2.31. The number of hydrogen-bond donors (Lipinski definition) is 0. The van der Waals surface area contributed by atoms with Crippen LogP contribution in [-0.4, -0.2) is 0 Å². The molecule has 0 saturated heterocycles. The van der Waals surface area contributed by atoms with Gasteiger partial charge < -0.3 is 0 Å². The minimum atomic E-state index is 0.274. The lowest BCUT2D eigenvalue weighted by Crippen LogP contribution is -2.21. The molecule has 0 atom stereocenters. The van der Waals surface area contributed by atoms with Gasteiger partial charge in [-0.3, -0.25) is 0 Å². The van der Waals surface area contributed by atoms with E-state index in [0.29, 0.717) is 5.56 Å². The minimum absolute atomic E-state index is 0.274. The largest absolute Gasteiger partial charge is 0.192 e. The Bertz CT molecular complexity index is 640. The molecule has 0 N–H and O–H groups in total. The molecule has 0 aliphatic heterocycles. The molecule has 0 saturated carbocycles. The maximum Gasteiger partial charge on any atom is 0.0991 e. The molecule has 1 heteroatoms. The number of nitrogens with zero attached hydrogens (tertiary/aromatic N) is 1. The molecule has 0 amide bonds. The first-order valence-corrected chi connectivity index (χ1v) is 8.24. The first-order chi connectivity index (χ1) is 10.6. The first-order valence-electron chi connectivity index (χ1n) is 8.24. The van der Waals surface area contributed by atoms with Gasteiger partial charge in [0.05, 0.1) is 11.6 Å². The minimum Gasteiger partial charge on any atom is -0.192 e. The van der Waals surface area contributed by atoms with Crippen molar-refractivity contribution < 1.29 is 0 Å². The van der Waals surface area contributed by atoms with Gasteiger partial charge in [-0.15, -0.1) is 0 Å². The van der Waals surface area contributed by atoms with Crippen molar-refractivity contribution >= 4 is 0 Å². The smallest absolute Gasteiger partial charge is 0.0991 e. The molecular weight excluding hydrogens is 266 g/mol. The summed E-state index contributed by atoms with van der Waals surface area (Å²) in [4.78, 5) is 0. The van der Waals surface area contributed by atoms with Gasteiger partial charge in [0, 0.05) is 0 Å². The molecule has 0 fully saturated rings. The molecule has 0 radical (unpaired) electrons. The van der Waals surface area contributed by atoms with Gasteiger partial charge in [0.1, 0.15) is 0 Å². The van der Waals surface area contributed by atoms with Gasteiger partial charge in [0.25, 0.3) is 0 Å². The predicted molar refractivity (Wildman–Crippen MR) is 93.8 cm³/mol. The van der Waals surface area contributed by atoms with Gasteiger partial charge in [-0.2, -0.15) is 5.26 Å². The zero-order valence-electron chi connectivity index (χ0n) is 13.9. The third kappa shape index (κ3) is 3.57. The van der Waals surface area contributed by atoms with Gasteiger partial charge in [-0.25, -0.2) is 0 Å². The van der Waals surface area contributed by atoms with Crippen molar-refractivity contribution in [2.45, 2.75) is 51.9 Å². The topological polar surface area (TPSA) is 23.8 Å². The lowest BCUT2D eigenvalue weighted by molar-refractivity contribution is 0.392. The van der Waals surface area contributed by atoms with E-state index < -0.39 is 0 Å². The lowest BCUT2D eigenvalue weighted by Gasteiger charge is -2.30. The zero-order valence-corrected chi connectivity index (χ0v) is 13.9. The van der Waals surface area contributed by atoms with Gasteiger partial charge in [-0.1, -0.05) is 70.0 Å². The highest BCUT2D eigenvalue weighted by atomic mass is 14.3. The van der Waals surface area contributed by atoms with Crippen LogP contribution in [0.5, 0.6) is 0 Å². The van der Waals surface area contributed by atoms with Crippen LogP contribution in [-0.2, 0) is 5.41 Å². The summed E-state index contributed by atoms with van der Waals surface area (Å²) in [5.41, 5.74) is 4.70. The molecule has 0 aromatic heterocycles. The summed E-state index contributed by atoms with van der Waals surface area (Å²) >= 11 is 0. The monoisotopic (exact) mass is 291 g/mol. The highest BCUT2D eigenvalue weighted by molar-refractivity contribution is 5.65. The van der Waals surface area contributed by atoms with E-state index in [1.165, 1.54) is 36.8 Å². The van der Waals surface area contributed by atoms with E-state index in [0.717, 1.165) is 5.56 Å². The number of benzene rings is 2. The second kappa shape index (κ2) is 7.27. The van der Waals surface area contributed by atoms with Crippen molar-refractivity contribution in [3.63, 3.8) is 0 Å². The summed E-state index contributed by atoms with van der Waals surface area (Å²) in [5.74, 6) is 0. The highest BCUT2D eigenvalue weighted by Gasteiger charge is 2.24. The zero-order chi connectivity index (χ0) is 16.0. The average molecular weight is 291 g/mol. The Labute approximate surface area is 134 Å². The van der Waals surface area contributed by atoms with E-state index in [2.05, 4.69) is 57.2 Å². The molecule has 0 bridgehead atoms. The van der Waals surface area contributed by atoms with Crippen LogP contribution >= 0.6 is 0 Å². The fraction of sp³-hybridized carbons (Fsp3) is 0.381. The predicted octanol–water partition coefficient (Wildman–Crippen LogP) is 6.08. The van der Waals surface area contributed by atoms with Crippen LogP contribution in [0, 0.1) is 11.3 Å². The van der Waals surface area contributed by atoms with Crippen LogP contribution in [0.25, 0.3) is 11.1 Å². The van der Waals surface area contributed by atoms with Crippen molar-refractivity contribution in [2.24, 2.45) is 0 Å². The third-order valence-electron chi connectivity index (χ3n) is 4.51. The standard InChI is InChI=1S/C21H25N/c1-4-13-21(3,14-5-2)20-11-9-18(10-12-20)19-8-6-7-17(15-19)16-22/h6-12,15H,4-5,13-14H2,1-3H3. The van der Waals surface area contributed by atoms with E-state index >= 15 is 0 Å². The summed E-state index contributed by atoms with van der Waals surface area (Å²) in [6, 6.07) is 18.9. The molecule has 114 valence electrons. The summed E-state index contributed by atoms with van der Waals surface area (Å²) in [6.45, 7) is 6.90. The second-order valence-electron chi connectivity index (χ2n) is 6.33. The molecule has 2 rings (SSSR count). The molecule has 1 nitrogen and oxygen atoms in total. The Morgan fingerprint density at radius 3 is 2.09 bits per heavy atom. The van der Waals surface area contributed by atoms with Gasteiger partial charge in [-0.05, 0) is 47.1 Å². The summed E-state index contributed by atoms with van der Waals surface area (Å²) in [5, 5.41) is 9.03. The summed E-state index contributed by atoms with van der Waals surface area (Å²) in [6.07, 6.45) is 4.87. The van der Waals surface area contributed by atoms with Crippen LogP contribution in [0.4, 0.5) is 0 Å². The van der Waals surface area contributed by atoms with Crippen LogP contribution in [0.2, 0.25) is 0 Å². The molecule has 2 aromatic rings. The van der Waals surface area contributed by atoms with E-state index in [1.807, 2.05) is 18.2 Å². The van der Waals surface area contributed by atoms with Crippen molar-refractivity contribution in [3.05, 3.63) is 59.7 Å². The summed E-state index contributed by atoms with van der Waals surface area (Å²) < 4.78 is 0. The van der Waals surface area contributed by atoms with E-state index in [9.17, 15) is 0 Å². The van der Waals surface area contributed by atoms with Gasteiger partial charge >= 0.3 is 0 Å². The third-order valence-corrected chi connectivity index (χ3v) is 4.51. The molecule has 0 heterocycles. The first kappa shape index (κ1) is 16.3. The van der Waals surface area contributed by atoms with E-state index in [-0.39, 0.29) is 5.41 Å². The Morgan fingerprint density at radius 1 is 0.909 bits per heavy atom. The number of hydrogen-bond acceptors (Lipinski definition) is 1. The fourth-order valence-corrected chi connectivity index (χ4v) is 3.35. The number of rotatable bonds is 6. The lowest BCUT2D eigenvalue weighted by atomic mass is 9.75. The van der Waals surface area contributed by atoms with E-state index in [4.69, 9.17) is 5.26 Å². The van der Waals surface area contributed by atoms with Crippen molar-refractivity contribution in [1.29, 1.82) is 5.26 Å². The Kier molecular flexibility index (Phi) is 5.39. The van der Waals surface area contributed by atoms with Crippen molar-refractivity contribution in [3.8, 4) is 17.2 Å². The van der Waals surface area contributed by atoms with Gasteiger partial charge in [0.15, 0.2) is 0 Å². The second-order valence-corrected chi connectivity index (χ2v) is 6.33. The molecule has 0 spiro atoms. The summed E-state index contributed by atoms with van der Waals surface area (Å²) in [7, 11) is 0. The fourth-order valence-electron chi connectivity index (χ4n) is 3.35. The molecule has 0 aliphatic carbocycles. The number of nitriles is 1. The van der Waals surface area contributed by atoms with E-state index in [1.54, 1.807) is 0 Å². The molecule has 2 aromatic carbocycles. The molecule has 0 aliphatic rings. The van der Waals surface area contributed by atoms with Crippen LogP contribution in [0.15, 0.2) is 48.5 Å². The van der Waals surface area contributed by atoms with Crippen LogP contribution in [0.1, 0.15) is 57.6 Å². The van der Waals surface area contributed by atoms with Crippen molar-refractivity contribution in [1.82, 2.24) is 0 Å². The molecular formula is C21H25N. The average Bonchev–Trinajstić information content (AvgIpc) is 2.55. The van der Waals surface area contributed by atoms with Gasteiger partial charge in [0.2, 0.25) is 0 Å².